The molecule has 0 fully saturated rings. The van der Waals surface area contributed by atoms with Gasteiger partial charge < -0.3 is 9.80 Å². The van der Waals surface area contributed by atoms with E-state index in [1.54, 1.807) is 0 Å². The number of para-hydroxylation sites is 3. The number of hydrogen-bond donors (Lipinski definition) is 0. The average Bonchev–Trinajstić information content (AvgIpc) is 2.94. The topological polar surface area (TPSA) is 6.48 Å². The van der Waals surface area contributed by atoms with Crippen molar-refractivity contribution in [3.8, 4) is 0 Å². The molecule has 1 heterocycles. The van der Waals surface area contributed by atoms with E-state index in [0.29, 0.717) is 0 Å². The van der Waals surface area contributed by atoms with Crippen LogP contribution in [0.25, 0.3) is 0 Å². The molecule has 0 aliphatic carbocycles. The summed E-state index contributed by atoms with van der Waals surface area (Å²) in [5.74, 6) is 0. The van der Waals surface area contributed by atoms with Gasteiger partial charge in [-0.1, -0.05) is 48.0 Å². The summed E-state index contributed by atoms with van der Waals surface area (Å²) in [6, 6.07) is 23.8. The number of rotatable bonds is 2. The molecule has 0 saturated carbocycles. The number of aryl methyl sites for hydroxylation is 3. The van der Waals surface area contributed by atoms with E-state index in [9.17, 15) is 0 Å². The predicted molar refractivity (Wildman–Crippen MR) is 103 cm³/mol. The molecule has 0 unspecified atom stereocenters. The van der Waals surface area contributed by atoms with Gasteiger partial charge in [0.25, 0.3) is 0 Å². The van der Waals surface area contributed by atoms with Gasteiger partial charge in [0.15, 0.2) is 0 Å². The van der Waals surface area contributed by atoms with Gasteiger partial charge in [0, 0.05) is 11.4 Å². The van der Waals surface area contributed by atoms with Crippen LogP contribution in [0.5, 0.6) is 0 Å². The third kappa shape index (κ3) is 2.35. The maximum atomic E-state index is 2.44. The summed E-state index contributed by atoms with van der Waals surface area (Å²) >= 11 is 0. The van der Waals surface area contributed by atoms with E-state index in [1.165, 1.54) is 39.4 Å². The van der Waals surface area contributed by atoms with Crippen molar-refractivity contribution >= 4 is 22.7 Å². The first-order chi connectivity index (χ1) is 11.6. The molecule has 2 nitrogen and oxygen atoms in total. The molecule has 3 aromatic rings. The molecule has 24 heavy (non-hydrogen) atoms. The minimum atomic E-state index is 0.841. The Morgan fingerprint density at radius 2 is 1.21 bits per heavy atom. The molecule has 0 spiro atoms. The predicted octanol–water partition coefficient (Wildman–Crippen LogP) is 5.86. The molecule has 0 aromatic heterocycles. The highest BCUT2D eigenvalue weighted by Crippen LogP contribution is 2.45. The summed E-state index contributed by atoms with van der Waals surface area (Å²) in [6.45, 7) is 7.43. The van der Waals surface area contributed by atoms with Gasteiger partial charge in [-0.3, -0.25) is 0 Å². The second-order valence-corrected chi connectivity index (χ2v) is 6.57. The lowest BCUT2D eigenvalue weighted by Crippen LogP contribution is -2.25. The SMILES string of the molecule is Cc1cc(C)c(N2CN(c3ccccc3)c3ccccc32)c(C)c1. The Balaban J connectivity index is 1.85. The number of benzene rings is 3. The van der Waals surface area contributed by atoms with E-state index >= 15 is 0 Å². The van der Waals surface area contributed by atoms with Gasteiger partial charge in [0.2, 0.25) is 0 Å². The van der Waals surface area contributed by atoms with Gasteiger partial charge in [-0.25, -0.2) is 0 Å². The third-order valence-electron chi connectivity index (χ3n) is 4.72. The highest BCUT2D eigenvalue weighted by molar-refractivity contribution is 5.88. The average molecular weight is 314 g/mol. The molecule has 2 heteroatoms. The summed E-state index contributed by atoms with van der Waals surface area (Å²) in [6.07, 6.45) is 0. The molecular formula is C22H22N2. The van der Waals surface area contributed by atoms with E-state index in [1.807, 2.05) is 0 Å². The van der Waals surface area contributed by atoms with Crippen LogP contribution in [-0.2, 0) is 0 Å². The largest absolute Gasteiger partial charge is 0.321 e. The Bertz CT molecular complexity index is 860. The van der Waals surface area contributed by atoms with Gasteiger partial charge >= 0.3 is 0 Å². The molecule has 0 amide bonds. The molecule has 0 atom stereocenters. The maximum Gasteiger partial charge on any atom is 0.100 e. The van der Waals surface area contributed by atoms with E-state index in [4.69, 9.17) is 0 Å². The van der Waals surface area contributed by atoms with Crippen LogP contribution in [0.1, 0.15) is 16.7 Å². The fourth-order valence-electron chi connectivity index (χ4n) is 3.83. The van der Waals surface area contributed by atoms with Gasteiger partial charge in [-0.15, -0.1) is 0 Å². The monoisotopic (exact) mass is 314 g/mol. The quantitative estimate of drug-likeness (QED) is 0.584. The van der Waals surface area contributed by atoms with Crippen LogP contribution in [0.15, 0.2) is 66.7 Å². The molecule has 0 saturated heterocycles. The smallest absolute Gasteiger partial charge is 0.100 e. The molecular weight excluding hydrogens is 292 g/mol. The van der Waals surface area contributed by atoms with Crippen LogP contribution < -0.4 is 9.80 Å². The summed E-state index contributed by atoms with van der Waals surface area (Å²) in [5, 5.41) is 0. The first-order valence-corrected chi connectivity index (χ1v) is 8.42. The third-order valence-corrected chi connectivity index (χ3v) is 4.72. The molecule has 0 radical (unpaired) electrons. The molecule has 1 aliphatic rings. The highest BCUT2D eigenvalue weighted by Gasteiger charge is 2.29. The summed E-state index contributed by atoms with van der Waals surface area (Å²) in [4.78, 5) is 4.82. The standard InChI is InChI=1S/C22H22N2/c1-16-13-17(2)22(18(3)14-16)24-15-23(19-9-5-4-6-10-19)20-11-7-8-12-21(20)24/h4-14H,15H2,1-3H3. The highest BCUT2D eigenvalue weighted by atomic mass is 15.4. The second-order valence-electron chi connectivity index (χ2n) is 6.57. The van der Waals surface area contributed by atoms with Crippen LogP contribution in [0.4, 0.5) is 22.7 Å². The van der Waals surface area contributed by atoms with Crippen molar-refractivity contribution in [1.82, 2.24) is 0 Å². The Labute approximate surface area is 144 Å². The normalized spacial score (nSPS) is 13.3. The first-order valence-electron chi connectivity index (χ1n) is 8.42. The second kappa shape index (κ2) is 5.72. The molecule has 120 valence electrons. The Hall–Kier alpha value is -2.74. The van der Waals surface area contributed by atoms with E-state index in [-0.39, 0.29) is 0 Å². The Kier molecular flexibility index (Phi) is 3.53. The first kappa shape index (κ1) is 14.8. The van der Waals surface area contributed by atoms with Crippen LogP contribution in [0.3, 0.4) is 0 Å². The molecule has 3 aromatic carbocycles. The van der Waals surface area contributed by atoms with Crippen LogP contribution >= 0.6 is 0 Å². The fraction of sp³-hybridized carbons (Fsp3) is 0.182. The van der Waals surface area contributed by atoms with E-state index in [2.05, 4.69) is 97.3 Å². The lowest BCUT2D eigenvalue weighted by Gasteiger charge is -2.25. The number of anilines is 4. The van der Waals surface area contributed by atoms with Crippen molar-refractivity contribution in [2.24, 2.45) is 0 Å². The number of hydrogen-bond acceptors (Lipinski definition) is 2. The van der Waals surface area contributed by atoms with Gasteiger partial charge in [0.05, 0.1) is 11.4 Å². The molecule has 0 N–H and O–H groups in total. The molecule has 0 bridgehead atoms. The minimum absolute atomic E-state index is 0.841. The van der Waals surface area contributed by atoms with Crippen LogP contribution in [0, 0.1) is 20.8 Å². The van der Waals surface area contributed by atoms with Crippen LogP contribution in [0.2, 0.25) is 0 Å². The van der Waals surface area contributed by atoms with Crippen molar-refractivity contribution in [3.63, 3.8) is 0 Å². The molecule has 4 rings (SSSR count). The number of nitrogens with zero attached hydrogens (tertiary/aromatic N) is 2. The zero-order valence-corrected chi connectivity index (χ0v) is 14.5. The summed E-state index contributed by atoms with van der Waals surface area (Å²) in [7, 11) is 0. The zero-order valence-electron chi connectivity index (χ0n) is 14.5. The number of fused-ring (bicyclic) bond motifs is 1. The van der Waals surface area contributed by atoms with Crippen molar-refractivity contribution in [3.05, 3.63) is 83.4 Å². The van der Waals surface area contributed by atoms with Gasteiger partial charge in [-0.2, -0.15) is 0 Å². The molecule has 1 aliphatic heterocycles. The zero-order chi connectivity index (χ0) is 16.7. The maximum absolute atomic E-state index is 2.44. The van der Waals surface area contributed by atoms with E-state index < -0.39 is 0 Å². The van der Waals surface area contributed by atoms with E-state index in [0.717, 1.165) is 6.67 Å². The Morgan fingerprint density at radius 1 is 0.667 bits per heavy atom. The lowest BCUT2D eigenvalue weighted by molar-refractivity contribution is 0.979. The fourth-order valence-corrected chi connectivity index (χ4v) is 3.83. The summed E-state index contributed by atoms with van der Waals surface area (Å²) in [5.41, 5.74) is 9.08. The van der Waals surface area contributed by atoms with Crippen molar-refractivity contribution in [2.75, 3.05) is 16.5 Å². The summed E-state index contributed by atoms with van der Waals surface area (Å²) < 4.78 is 0. The van der Waals surface area contributed by atoms with Crippen molar-refractivity contribution in [1.29, 1.82) is 0 Å². The van der Waals surface area contributed by atoms with Crippen molar-refractivity contribution in [2.45, 2.75) is 20.8 Å². The minimum Gasteiger partial charge on any atom is -0.321 e. The van der Waals surface area contributed by atoms with Crippen molar-refractivity contribution < 1.29 is 0 Å². The van der Waals surface area contributed by atoms with Gasteiger partial charge in [-0.05, 0) is 56.2 Å². The van der Waals surface area contributed by atoms with Crippen LogP contribution in [-0.4, -0.2) is 6.67 Å². The Morgan fingerprint density at radius 3 is 1.83 bits per heavy atom. The van der Waals surface area contributed by atoms with Gasteiger partial charge in [0.1, 0.15) is 6.67 Å². The lowest BCUT2D eigenvalue weighted by atomic mass is 10.0.